The Kier molecular flexibility index (Phi) is 5.04. The molecule has 11 rings (SSSR count). The van der Waals surface area contributed by atoms with Crippen molar-refractivity contribution in [3.8, 4) is 33.4 Å². The summed E-state index contributed by atoms with van der Waals surface area (Å²) in [6.45, 7) is 0. The molecule has 0 bridgehead atoms. The third-order valence-corrected chi connectivity index (χ3v) is 10.3. The van der Waals surface area contributed by atoms with Gasteiger partial charge in [-0.3, -0.25) is 0 Å². The molecule has 0 fully saturated rings. The van der Waals surface area contributed by atoms with Gasteiger partial charge in [0, 0.05) is 38.7 Å². The molecule has 1 heterocycles. The average Bonchev–Trinajstić information content (AvgIpc) is 3.76. The van der Waals surface area contributed by atoms with Crippen molar-refractivity contribution in [2.24, 2.45) is 0 Å². The fourth-order valence-electron chi connectivity index (χ4n) is 7.64. The molecule has 0 saturated carbocycles. The maximum Gasteiger partial charge on any atom is 0.143 e. The van der Waals surface area contributed by atoms with Gasteiger partial charge in [0.15, 0.2) is 0 Å². The summed E-state index contributed by atoms with van der Waals surface area (Å²) in [4.78, 5) is 1.20. The van der Waals surface area contributed by atoms with E-state index in [0.29, 0.717) is 27.9 Å². The lowest BCUT2D eigenvalue weighted by Crippen LogP contribution is -2.11. The predicted molar refractivity (Wildman–Crippen MR) is 237 cm³/mol. The molecule has 0 unspecified atom stereocenters. The quantitative estimate of drug-likeness (QED) is 0.159. The Bertz CT molecular complexity index is 3950. The summed E-state index contributed by atoms with van der Waals surface area (Å²) >= 11 is 0. The van der Waals surface area contributed by atoms with Gasteiger partial charge in [-0.1, -0.05) is 170 Å². The Balaban J connectivity index is 1.20. The molecule has 0 spiro atoms. The van der Waals surface area contributed by atoms with Crippen LogP contribution >= 0.6 is 0 Å². The Morgan fingerprint density at radius 3 is 1.68 bits per heavy atom. The lowest BCUT2D eigenvalue weighted by Gasteiger charge is -2.28. The van der Waals surface area contributed by atoms with Crippen LogP contribution in [0.2, 0.25) is 0 Å². The van der Waals surface area contributed by atoms with E-state index in [0.717, 1.165) is 43.1 Å². The third-order valence-electron chi connectivity index (χ3n) is 10.3. The van der Waals surface area contributed by atoms with Crippen LogP contribution in [-0.4, -0.2) is 0 Å². The predicted octanol–water partition coefficient (Wildman–Crippen LogP) is 15.5. The second-order valence-corrected chi connectivity index (χ2v) is 13.5. The minimum atomic E-state index is -0.756. The van der Waals surface area contributed by atoms with Crippen molar-refractivity contribution < 1.29 is 22.2 Å². The van der Waals surface area contributed by atoms with E-state index in [9.17, 15) is 11.0 Å². The van der Waals surface area contributed by atoms with Crippen molar-refractivity contribution in [2.45, 2.75) is 0 Å². The SMILES string of the molecule is [2H]c1c([2H])c([2H])c(-c2c([2H])c([2H])c(N(c3ccccc3-c3cccc4c3oc3c5ccccc5ccc43)c3c([2H])c([2H])c(-c4ccc5c(ccc6ccccc65)c4)c([2H])c3[2H])c([2H])c2[2H])c([2H])c1[2H]. The summed E-state index contributed by atoms with van der Waals surface area (Å²) in [6.07, 6.45) is 0. The molecule has 0 aliphatic rings. The molecular weight excluding hydrogens is 679 g/mol. The molecule has 0 aliphatic heterocycles. The largest absolute Gasteiger partial charge is 0.455 e. The zero-order valence-corrected chi connectivity index (χ0v) is 29.6. The van der Waals surface area contributed by atoms with Gasteiger partial charge in [-0.25, -0.2) is 0 Å². The van der Waals surface area contributed by atoms with Gasteiger partial charge in [0.05, 0.1) is 23.5 Å². The second kappa shape index (κ2) is 13.2. The number of benzene rings is 10. The lowest BCUT2D eigenvalue weighted by molar-refractivity contribution is 0.674. The van der Waals surface area contributed by atoms with E-state index in [4.69, 9.17) is 11.3 Å². The maximum atomic E-state index is 9.75. The smallest absolute Gasteiger partial charge is 0.143 e. The van der Waals surface area contributed by atoms with Crippen LogP contribution in [-0.2, 0) is 0 Å². The van der Waals surface area contributed by atoms with E-state index in [1.807, 2.05) is 103 Å². The molecule has 0 radical (unpaired) electrons. The van der Waals surface area contributed by atoms with Crippen LogP contribution < -0.4 is 4.90 Å². The number of hydrogen-bond acceptors (Lipinski definition) is 2. The van der Waals surface area contributed by atoms with Gasteiger partial charge in [0.2, 0.25) is 0 Å². The Labute approximate surface area is 343 Å². The summed E-state index contributed by atoms with van der Waals surface area (Å²) in [6, 6.07) is 33.0. The minimum Gasteiger partial charge on any atom is -0.455 e. The third kappa shape index (κ3) is 5.34. The monoisotopic (exact) mass is 726 g/mol. The molecule has 1 aromatic heterocycles. The number of rotatable bonds is 6. The Morgan fingerprint density at radius 2 is 0.893 bits per heavy atom. The van der Waals surface area contributed by atoms with Crippen LogP contribution in [0.3, 0.4) is 0 Å². The molecule has 0 aliphatic carbocycles. The molecule has 0 saturated heterocycles. The Morgan fingerprint density at radius 1 is 0.357 bits per heavy atom. The van der Waals surface area contributed by atoms with Gasteiger partial charge in [0.25, 0.3) is 0 Å². The van der Waals surface area contributed by atoms with Gasteiger partial charge in [-0.05, 0) is 91.6 Å². The normalized spacial score (nSPS) is 14.8. The zero-order valence-electron chi connectivity index (χ0n) is 42.6. The highest BCUT2D eigenvalue weighted by molar-refractivity contribution is 6.17. The van der Waals surface area contributed by atoms with E-state index in [2.05, 4.69) is 0 Å². The van der Waals surface area contributed by atoms with Crippen LogP contribution in [0, 0.1) is 0 Å². The van der Waals surface area contributed by atoms with E-state index < -0.39 is 95.4 Å². The second-order valence-electron chi connectivity index (χ2n) is 13.5. The van der Waals surface area contributed by atoms with Gasteiger partial charge in [-0.2, -0.15) is 0 Å². The summed E-state index contributed by atoms with van der Waals surface area (Å²) in [5.41, 5.74) is 0.728. The van der Waals surface area contributed by atoms with Gasteiger partial charge >= 0.3 is 0 Å². The number of furan rings is 1. The topological polar surface area (TPSA) is 16.4 Å². The summed E-state index contributed by atoms with van der Waals surface area (Å²) in [7, 11) is 0. The van der Waals surface area contributed by atoms with Crippen molar-refractivity contribution in [1.29, 1.82) is 0 Å². The van der Waals surface area contributed by atoms with E-state index >= 15 is 0 Å². The first kappa shape index (κ1) is 21.5. The molecule has 0 amide bonds. The molecule has 11 aromatic rings. The highest BCUT2D eigenvalue weighted by Crippen LogP contribution is 2.45. The summed E-state index contributed by atoms with van der Waals surface area (Å²) in [5.74, 6) is 0. The maximum absolute atomic E-state index is 9.75. The average molecular weight is 727 g/mol. The van der Waals surface area contributed by atoms with Crippen molar-refractivity contribution in [3.63, 3.8) is 0 Å². The zero-order chi connectivity index (χ0) is 48.3. The number of anilines is 3. The highest BCUT2D eigenvalue weighted by Gasteiger charge is 2.21. The Hall–Kier alpha value is -7.42. The highest BCUT2D eigenvalue weighted by atomic mass is 16.3. The van der Waals surface area contributed by atoms with Crippen LogP contribution in [0.5, 0.6) is 0 Å². The number of nitrogens with zero attached hydrogens (tertiary/aromatic N) is 1. The van der Waals surface area contributed by atoms with Gasteiger partial charge in [0.1, 0.15) is 11.2 Å². The first-order valence-corrected chi connectivity index (χ1v) is 18.1. The molecule has 56 heavy (non-hydrogen) atoms. The molecule has 10 aromatic carbocycles. The van der Waals surface area contributed by atoms with Crippen LogP contribution in [0.15, 0.2) is 216 Å². The molecule has 0 atom stereocenters. The van der Waals surface area contributed by atoms with Crippen molar-refractivity contribution >= 4 is 71.3 Å². The molecule has 0 N–H and O–H groups in total. The van der Waals surface area contributed by atoms with Crippen molar-refractivity contribution in [1.82, 2.24) is 0 Å². The summed E-state index contributed by atoms with van der Waals surface area (Å²) in [5, 5.41) is 7.28. The van der Waals surface area contributed by atoms with E-state index in [1.54, 1.807) is 30.3 Å². The number of fused-ring (bicyclic) bond motifs is 8. The summed E-state index contributed by atoms with van der Waals surface area (Å²) < 4.78 is 126. The molecular formula is C54H35NO. The number of hydrogen-bond donors (Lipinski definition) is 0. The molecule has 262 valence electrons. The van der Waals surface area contributed by atoms with Crippen molar-refractivity contribution in [2.75, 3.05) is 4.90 Å². The first-order chi connectivity index (χ1) is 33.2. The standard InChI is InChI=1S/C54H35NO/c1-2-11-36(12-3-1)37-23-29-43(30-24-37)55(44-31-25-38(26-32-44)41-28-33-46-42(35-41)22-21-39-13-4-6-15-45(39)46)52-20-9-8-17-48(52)49-18-10-19-50-51-34-27-40-14-5-7-16-47(40)53(51)56-54(49)50/h1-35H/i1D,2D,3D,11D,12D,23D,24D,25D,26D,29D,30D,31D,32D. The van der Waals surface area contributed by atoms with E-state index in [1.165, 1.54) is 4.90 Å². The van der Waals surface area contributed by atoms with E-state index in [-0.39, 0.29) is 16.9 Å². The van der Waals surface area contributed by atoms with Gasteiger partial charge < -0.3 is 9.32 Å². The molecule has 2 heteroatoms. The fraction of sp³-hybridized carbons (Fsp3) is 0. The lowest BCUT2D eigenvalue weighted by atomic mass is 9.97. The first-order valence-electron chi connectivity index (χ1n) is 24.6. The minimum absolute atomic E-state index is 0.00686. The van der Waals surface area contributed by atoms with Crippen LogP contribution in [0.1, 0.15) is 17.8 Å². The van der Waals surface area contributed by atoms with Gasteiger partial charge in [-0.15, -0.1) is 0 Å². The fourth-order valence-corrected chi connectivity index (χ4v) is 7.64. The van der Waals surface area contributed by atoms with Crippen LogP contribution in [0.4, 0.5) is 17.1 Å². The van der Waals surface area contributed by atoms with Crippen LogP contribution in [0.25, 0.3) is 87.6 Å². The number of para-hydroxylation sites is 2. The molecule has 2 nitrogen and oxygen atoms in total. The van der Waals surface area contributed by atoms with Crippen molar-refractivity contribution in [3.05, 3.63) is 212 Å².